The number of nitrogens with one attached hydrogen (secondary N) is 2. The van der Waals surface area contributed by atoms with Crippen LogP contribution in [0.15, 0.2) is 35.5 Å². The first-order valence-electron chi connectivity index (χ1n) is 7.35. The second kappa shape index (κ2) is 9.08. The van der Waals surface area contributed by atoms with E-state index in [-0.39, 0.29) is 18.4 Å². The lowest BCUT2D eigenvalue weighted by atomic mass is 9.92. The minimum atomic E-state index is -0.833. The van der Waals surface area contributed by atoms with E-state index in [1.54, 1.807) is 31.2 Å². The highest BCUT2D eigenvalue weighted by Gasteiger charge is 2.30. The van der Waals surface area contributed by atoms with Crippen LogP contribution in [-0.4, -0.2) is 29.5 Å². The van der Waals surface area contributed by atoms with Crippen molar-refractivity contribution in [2.24, 2.45) is 0 Å². The van der Waals surface area contributed by atoms with Crippen LogP contribution in [0.2, 0.25) is 0 Å². The molecule has 0 saturated carbocycles. The van der Waals surface area contributed by atoms with Crippen LogP contribution in [0.5, 0.6) is 5.75 Å². The molecule has 132 valence electrons. The lowest BCUT2D eigenvalue weighted by molar-refractivity contribution is -0.134. The number of aliphatic carboxylic acids is 1. The summed E-state index contributed by atoms with van der Waals surface area (Å²) >= 11 is 0. The molecule has 1 aliphatic rings. The van der Waals surface area contributed by atoms with Gasteiger partial charge in [0.05, 0.1) is 6.04 Å². The lowest BCUT2D eigenvalue weighted by Gasteiger charge is -2.29. The van der Waals surface area contributed by atoms with Gasteiger partial charge in [-0.15, -0.1) is 0 Å². The molecule has 8 heteroatoms. The molecule has 8 nitrogen and oxygen atoms in total. The van der Waals surface area contributed by atoms with Crippen molar-refractivity contribution in [1.82, 2.24) is 10.6 Å². The maximum Gasteiger partial charge on any atom is 0.319 e. The van der Waals surface area contributed by atoms with Gasteiger partial charge in [-0.3, -0.25) is 9.59 Å². The zero-order valence-corrected chi connectivity index (χ0v) is 14.1. The highest BCUT2D eigenvalue weighted by atomic mass is 16.5. The van der Waals surface area contributed by atoms with E-state index < -0.39 is 12.0 Å². The molecular weight excluding hydrogens is 326 g/mol. The highest BCUT2D eigenvalue weighted by Crippen LogP contribution is 2.33. The molecule has 1 heterocycles. The predicted molar refractivity (Wildman–Crippen MR) is 88.6 cm³/mol. The lowest BCUT2D eigenvalue weighted by Crippen LogP contribution is -2.44. The summed E-state index contributed by atoms with van der Waals surface area (Å²) in [5.74, 6) is -0.502. The molecule has 1 aromatic rings. The molecule has 0 aromatic heterocycles. The Balaban J connectivity index is 0.000000705. The molecule has 1 aromatic carbocycles. The van der Waals surface area contributed by atoms with E-state index in [1.807, 2.05) is 6.07 Å². The van der Waals surface area contributed by atoms with Gasteiger partial charge >= 0.3 is 6.03 Å². The summed E-state index contributed by atoms with van der Waals surface area (Å²) in [6, 6.07) is 7.95. The number of rotatable bonds is 4. The Kier molecular flexibility index (Phi) is 7.16. The van der Waals surface area contributed by atoms with Crippen molar-refractivity contribution < 1.29 is 24.2 Å². The van der Waals surface area contributed by atoms with E-state index in [1.165, 1.54) is 6.92 Å². The smallest absolute Gasteiger partial charge is 0.319 e. The van der Waals surface area contributed by atoms with E-state index in [9.17, 15) is 9.59 Å². The van der Waals surface area contributed by atoms with E-state index in [2.05, 4.69) is 10.6 Å². The Morgan fingerprint density at radius 3 is 2.48 bits per heavy atom. The summed E-state index contributed by atoms with van der Waals surface area (Å²) in [7, 11) is 0. The summed E-state index contributed by atoms with van der Waals surface area (Å²) in [6.07, 6.45) is 0. The second-order valence-electron chi connectivity index (χ2n) is 5.13. The van der Waals surface area contributed by atoms with Gasteiger partial charge in [-0.1, -0.05) is 18.2 Å². The Bertz CT molecular complexity index is 745. The molecule has 0 spiro atoms. The predicted octanol–water partition coefficient (Wildman–Crippen LogP) is 1.90. The Morgan fingerprint density at radius 1 is 1.32 bits per heavy atom. The van der Waals surface area contributed by atoms with Crippen molar-refractivity contribution in [3.63, 3.8) is 0 Å². The third-order valence-electron chi connectivity index (χ3n) is 3.17. The van der Waals surface area contributed by atoms with Crippen LogP contribution in [0.3, 0.4) is 0 Å². The van der Waals surface area contributed by atoms with Gasteiger partial charge in [0.2, 0.25) is 0 Å². The number of hydrogen-bond acceptors (Lipinski definition) is 5. The van der Waals surface area contributed by atoms with Crippen LogP contribution in [0, 0.1) is 11.3 Å². The molecular formula is C17H19N3O5. The van der Waals surface area contributed by atoms with Gasteiger partial charge in [0, 0.05) is 23.8 Å². The van der Waals surface area contributed by atoms with E-state index >= 15 is 0 Å². The summed E-state index contributed by atoms with van der Waals surface area (Å²) in [4.78, 5) is 32.6. The van der Waals surface area contributed by atoms with Crippen LogP contribution >= 0.6 is 0 Å². The molecule has 0 aliphatic carbocycles. The van der Waals surface area contributed by atoms with Crippen molar-refractivity contribution in [3.05, 3.63) is 41.1 Å². The maximum absolute atomic E-state index is 11.9. The summed E-state index contributed by atoms with van der Waals surface area (Å²) < 4.78 is 5.37. The quantitative estimate of drug-likeness (QED) is 0.764. The fraction of sp³-hybridized carbons (Fsp3) is 0.294. The van der Waals surface area contributed by atoms with Gasteiger partial charge in [-0.2, -0.15) is 5.26 Å². The van der Waals surface area contributed by atoms with Crippen molar-refractivity contribution >= 4 is 17.8 Å². The van der Waals surface area contributed by atoms with Gasteiger partial charge in [0.25, 0.3) is 5.97 Å². The van der Waals surface area contributed by atoms with Gasteiger partial charge in [-0.25, -0.2) is 4.79 Å². The Labute approximate surface area is 145 Å². The monoisotopic (exact) mass is 345 g/mol. The van der Waals surface area contributed by atoms with Crippen LogP contribution < -0.4 is 15.4 Å². The number of carboxylic acids is 1. The number of hydrogen-bond donors (Lipinski definition) is 3. The molecule has 0 radical (unpaired) electrons. The number of nitrogens with zero attached hydrogens (tertiary/aromatic N) is 1. The maximum atomic E-state index is 11.9. The highest BCUT2D eigenvalue weighted by molar-refractivity contribution is 5.98. The molecule has 1 aliphatic heterocycles. The van der Waals surface area contributed by atoms with E-state index in [0.29, 0.717) is 22.6 Å². The first-order chi connectivity index (χ1) is 11.8. The fourth-order valence-electron chi connectivity index (χ4n) is 2.35. The zero-order chi connectivity index (χ0) is 19.0. The molecule has 0 bridgehead atoms. The number of ketones is 1. The number of Topliss-reactive ketones (excluding diaryl/α,β-unsaturated/α-hetero) is 1. The average molecular weight is 345 g/mol. The number of carbonyl (C=O) groups is 3. The minimum Gasteiger partial charge on any atom is -0.481 e. The third kappa shape index (κ3) is 5.66. The molecule has 0 saturated heterocycles. The molecule has 0 fully saturated rings. The van der Waals surface area contributed by atoms with Crippen molar-refractivity contribution in [2.45, 2.75) is 26.8 Å². The molecule has 1 atom stereocenters. The van der Waals surface area contributed by atoms with E-state index in [4.69, 9.17) is 19.9 Å². The molecule has 2 rings (SSSR count). The third-order valence-corrected chi connectivity index (χ3v) is 3.17. The van der Waals surface area contributed by atoms with Crippen molar-refractivity contribution in [1.29, 1.82) is 5.26 Å². The fourth-order valence-corrected chi connectivity index (χ4v) is 2.35. The van der Waals surface area contributed by atoms with Crippen LogP contribution in [0.4, 0.5) is 4.79 Å². The number of amides is 2. The first kappa shape index (κ1) is 19.7. The molecule has 2 amide bonds. The number of carboxylic acid groups (broad SMARTS) is 1. The van der Waals surface area contributed by atoms with Gasteiger partial charge < -0.3 is 20.5 Å². The second-order valence-corrected chi connectivity index (χ2v) is 5.13. The number of para-hydroxylation sites is 1. The molecule has 3 N–H and O–H groups in total. The van der Waals surface area contributed by atoms with Crippen LogP contribution in [0.25, 0.3) is 0 Å². The number of carbonyl (C=O) groups excluding carboxylic acids is 2. The SMILES string of the molecule is CC(=O)C1=C(C)NC(=O)NC1c1ccccc1OCC#N.CC(=O)O. The molecule has 25 heavy (non-hydrogen) atoms. The number of urea groups is 1. The summed E-state index contributed by atoms with van der Waals surface area (Å²) in [5.41, 5.74) is 1.64. The summed E-state index contributed by atoms with van der Waals surface area (Å²) in [5, 5.41) is 21.4. The Morgan fingerprint density at radius 2 is 1.92 bits per heavy atom. The topological polar surface area (TPSA) is 129 Å². The first-order valence-corrected chi connectivity index (χ1v) is 7.35. The van der Waals surface area contributed by atoms with Crippen LogP contribution in [-0.2, 0) is 9.59 Å². The number of allylic oxidation sites excluding steroid dienone is 1. The van der Waals surface area contributed by atoms with E-state index in [0.717, 1.165) is 6.92 Å². The van der Waals surface area contributed by atoms with Crippen molar-refractivity contribution in [2.75, 3.05) is 6.61 Å². The normalized spacial score (nSPS) is 15.8. The largest absolute Gasteiger partial charge is 0.481 e. The van der Waals surface area contributed by atoms with Gasteiger partial charge in [-0.05, 0) is 19.9 Å². The zero-order valence-electron chi connectivity index (χ0n) is 14.1. The molecule has 1 unspecified atom stereocenters. The van der Waals surface area contributed by atoms with Gasteiger partial charge in [0.1, 0.15) is 11.8 Å². The number of ether oxygens (including phenoxy) is 1. The average Bonchev–Trinajstić information content (AvgIpc) is 2.51. The van der Waals surface area contributed by atoms with Gasteiger partial charge in [0.15, 0.2) is 12.4 Å². The Hall–Kier alpha value is -3.34. The number of nitriles is 1. The van der Waals surface area contributed by atoms with Crippen LogP contribution in [0.1, 0.15) is 32.4 Å². The minimum absolute atomic E-state index is 0.103. The standard InChI is InChI=1S/C15H15N3O3.C2H4O2/c1-9-13(10(2)19)14(18-15(20)17-9)11-5-3-4-6-12(11)21-8-7-16;1-2(3)4/h3-6,14H,8H2,1-2H3,(H2,17,18,20);1H3,(H,3,4). The summed E-state index contributed by atoms with van der Waals surface area (Å²) in [6.45, 7) is 4.11. The number of benzene rings is 1. The van der Waals surface area contributed by atoms with Crippen molar-refractivity contribution in [3.8, 4) is 11.8 Å².